The number of anilines is 2. The van der Waals surface area contributed by atoms with Gasteiger partial charge in [-0.1, -0.05) is 12.1 Å². The quantitative estimate of drug-likeness (QED) is 0.750. The average Bonchev–Trinajstić information content (AvgIpc) is 2.76. The highest BCUT2D eigenvalue weighted by Gasteiger charge is 2.16. The van der Waals surface area contributed by atoms with Crippen LogP contribution in [0.4, 0.5) is 11.6 Å². The molecule has 0 radical (unpaired) electrons. The van der Waals surface area contributed by atoms with Crippen LogP contribution in [0.5, 0.6) is 0 Å². The molecule has 1 aromatic carbocycles. The highest BCUT2D eigenvalue weighted by Crippen LogP contribution is 2.29. The van der Waals surface area contributed by atoms with Crippen molar-refractivity contribution in [3.8, 4) is 6.07 Å². The number of ether oxygens (including phenoxy) is 1. The van der Waals surface area contributed by atoms with Crippen LogP contribution in [0.2, 0.25) is 0 Å². The molecule has 28 heavy (non-hydrogen) atoms. The van der Waals surface area contributed by atoms with Gasteiger partial charge in [0.05, 0.1) is 36.6 Å². The van der Waals surface area contributed by atoms with Crippen molar-refractivity contribution in [2.24, 2.45) is 0 Å². The number of aromatic nitrogens is 3. The van der Waals surface area contributed by atoms with Gasteiger partial charge in [0.2, 0.25) is 0 Å². The Morgan fingerprint density at radius 2 is 2.00 bits per heavy atom. The van der Waals surface area contributed by atoms with Crippen molar-refractivity contribution in [3.05, 3.63) is 53.3 Å². The molecule has 0 bridgehead atoms. The second kappa shape index (κ2) is 7.79. The lowest BCUT2D eigenvalue weighted by Gasteiger charge is -2.28. The maximum Gasteiger partial charge on any atom is 0.157 e. The van der Waals surface area contributed by atoms with Crippen LogP contribution in [0.15, 0.2) is 36.5 Å². The number of hydrogen-bond acceptors (Lipinski definition) is 7. The zero-order valence-electron chi connectivity index (χ0n) is 16.0. The van der Waals surface area contributed by atoms with E-state index in [1.807, 2.05) is 38.2 Å². The molecule has 1 aliphatic rings. The number of rotatable bonds is 4. The van der Waals surface area contributed by atoms with Gasteiger partial charge in [0.25, 0.3) is 0 Å². The third-order valence-electron chi connectivity index (χ3n) is 5.04. The molecule has 0 aliphatic carbocycles. The lowest BCUT2D eigenvalue weighted by molar-refractivity contribution is 0.122. The number of nitrogens with one attached hydrogen (secondary N) is 1. The zero-order chi connectivity index (χ0) is 19.5. The smallest absolute Gasteiger partial charge is 0.157 e. The summed E-state index contributed by atoms with van der Waals surface area (Å²) in [7, 11) is 0. The maximum atomic E-state index is 9.15. The van der Waals surface area contributed by atoms with Crippen LogP contribution < -0.4 is 10.2 Å². The van der Waals surface area contributed by atoms with Crippen LogP contribution in [0.3, 0.4) is 0 Å². The van der Waals surface area contributed by atoms with Gasteiger partial charge in [0.15, 0.2) is 5.82 Å². The zero-order valence-corrected chi connectivity index (χ0v) is 16.0. The van der Waals surface area contributed by atoms with Crippen LogP contribution in [-0.4, -0.2) is 41.5 Å². The van der Waals surface area contributed by atoms with E-state index in [0.29, 0.717) is 24.6 Å². The Balaban J connectivity index is 1.69. The molecule has 142 valence electrons. The number of hydrogen-bond donors (Lipinski definition) is 1. The van der Waals surface area contributed by atoms with Crippen molar-refractivity contribution in [1.82, 2.24) is 15.2 Å². The van der Waals surface area contributed by atoms with Crippen molar-refractivity contribution in [2.75, 3.05) is 36.5 Å². The lowest BCUT2D eigenvalue weighted by Crippen LogP contribution is -2.36. The van der Waals surface area contributed by atoms with Gasteiger partial charge in [-0.25, -0.2) is 4.98 Å². The second-order valence-corrected chi connectivity index (χ2v) is 6.92. The molecule has 1 atom stereocenters. The highest BCUT2D eigenvalue weighted by atomic mass is 16.5. The third kappa shape index (κ3) is 3.59. The Bertz CT molecular complexity index is 1040. The molecule has 0 spiro atoms. The van der Waals surface area contributed by atoms with E-state index in [9.17, 15) is 0 Å². The summed E-state index contributed by atoms with van der Waals surface area (Å²) in [5.41, 5.74) is 2.52. The van der Waals surface area contributed by atoms with Crippen LogP contribution in [0, 0.1) is 18.3 Å². The monoisotopic (exact) mass is 374 g/mol. The van der Waals surface area contributed by atoms with Crippen LogP contribution in [0.25, 0.3) is 10.8 Å². The van der Waals surface area contributed by atoms with Gasteiger partial charge < -0.3 is 15.0 Å². The molecule has 0 unspecified atom stereocenters. The Labute approximate surface area is 164 Å². The fourth-order valence-electron chi connectivity index (χ4n) is 3.40. The van der Waals surface area contributed by atoms with Crippen molar-refractivity contribution >= 4 is 22.4 Å². The molecule has 4 rings (SSSR count). The Kier molecular flexibility index (Phi) is 5.04. The normalized spacial score (nSPS) is 15.2. The number of pyridine rings is 1. The van der Waals surface area contributed by atoms with E-state index in [-0.39, 0.29) is 6.04 Å². The van der Waals surface area contributed by atoms with Crippen LogP contribution in [-0.2, 0) is 4.74 Å². The largest absolute Gasteiger partial charge is 0.378 e. The van der Waals surface area contributed by atoms with E-state index in [1.54, 1.807) is 6.07 Å². The highest BCUT2D eigenvalue weighted by molar-refractivity contribution is 5.94. The fraction of sp³-hybridized carbons (Fsp3) is 0.333. The summed E-state index contributed by atoms with van der Waals surface area (Å²) in [5.74, 6) is 1.64. The third-order valence-corrected chi connectivity index (χ3v) is 5.04. The molecule has 1 saturated heterocycles. The van der Waals surface area contributed by atoms with Gasteiger partial charge in [0.1, 0.15) is 5.82 Å². The van der Waals surface area contributed by atoms with Gasteiger partial charge in [0, 0.05) is 30.1 Å². The topological polar surface area (TPSA) is 87.0 Å². The minimum atomic E-state index is -0.0199. The van der Waals surface area contributed by atoms with Crippen LogP contribution in [0.1, 0.15) is 29.8 Å². The maximum absolute atomic E-state index is 9.15. The van der Waals surface area contributed by atoms with Crippen LogP contribution >= 0.6 is 0 Å². The molecule has 0 amide bonds. The summed E-state index contributed by atoms with van der Waals surface area (Å²) in [6.07, 6.45) is 1.87. The molecule has 0 saturated carbocycles. The minimum Gasteiger partial charge on any atom is -0.378 e. The van der Waals surface area contributed by atoms with E-state index in [0.717, 1.165) is 40.9 Å². The van der Waals surface area contributed by atoms with Gasteiger partial charge in [-0.3, -0.25) is 0 Å². The average molecular weight is 374 g/mol. The van der Waals surface area contributed by atoms with Crippen molar-refractivity contribution in [1.29, 1.82) is 5.26 Å². The Morgan fingerprint density at radius 1 is 1.18 bits per heavy atom. The summed E-state index contributed by atoms with van der Waals surface area (Å²) < 4.78 is 5.44. The summed E-state index contributed by atoms with van der Waals surface area (Å²) in [5, 5.41) is 23.3. The minimum absolute atomic E-state index is 0.0199. The van der Waals surface area contributed by atoms with Gasteiger partial charge in [-0.2, -0.15) is 10.4 Å². The summed E-state index contributed by atoms with van der Waals surface area (Å²) in [6.45, 7) is 7.07. The number of aryl methyl sites for hydroxylation is 1. The molecular formula is C21H22N6O. The number of nitriles is 1. The lowest BCUT2D eigenvalue weighted by atomic mass is 10.1. The van der Waals surface area contributed by atoms with E-state index >= 15 is 0 Å². The van der Waals surface area contributed by atoms with E-state index < -0.39 is 0 Å². The molecule has 1 N–H and O–H groups in total. The number of fused-ring (bicyclic) bond motifs is 1. The van der Waals surface area contributed by atoms with E-state index in [2.05, 4.69) is 37.5 Å². The predicted molar refractivity (Wildman–Crippen MR) is 108 cm³/mol. The Hall–Kier alpha value is -3.24. The van der Waals surface area contributed by atoms with Gasteiger partial charge in [-0.15, -0.1) is 5.10 Å². The molecule has 2 aromatic heterocycles. The first-order chi connectivity index (χ1) is 13.7. The first-order valence-corrected chi connectivity index (χ1v) is 9.38. The summed E-state index contributed by atoms with van der Waals surface area (Å²) >= 11 is 0. The van der Waals surface area contributed by atoms with E-state index in [4.69, 9.17) is 10.00 Å². The van der Waals surface area contributed by atoms with Crippen molar-refractivity contribution in [2.45, 2.75) is 19.9 Å². The Morgan fingerprint density at radius 3 is 2.79 bits per heavy atom. The summed E-state index contributed by atoms with van der Waals surface area (Å²) in [4.78, 5) is 6.86. The van der Waals surface area contributed by atoms with Gasteiger partial charge in [-0.05, 0) is 37.6 Å². The standard InChI is InChI=1S/C21H22N6O/c1-14(17-5-3-4-16(10-17)12-22)24-21-18-11-20(27-6-8-28-9-7-27)23-13-19(18)15(2)25-26-21/h3-5,10-11,13-14H,6-9H2,1-2H3,(H,24,26)/t14-/m1/s1. The van der Waals surface area contributed by atoms with Crippen molar-refractivity contribution in [3.63, 3.8) is 0 Å². The molecule has 1 fully saturated rings. The van der Waals surface area contributed by atoms with Crippen molar-refractivity contribution < 1.29 is 4.74 Å². The molecular weight excluding hydrogens is 352 g/mol. The number of nitrogens with zero attached hydrogens (tertiary/aromatic N) is 5. The molecule has 7 nitrogen and oxygen atoms in total. The second-order valence-electron chi connectivity index (χ2n) is 6.92. The number of benzene rings is 1. The molecule has 3 heterocycles. The SMILES string of the molecule is Cc1nnc(N[C@H](C)c2cccc(C#N)c2)c2cc(N3CCOCC3)ncc12. The predicted octanol–water partition coefficient (Wildman–Crippen LogP) is 3.21. The first kappa shape index (κ1) is 18.1. The van der Waals surface area contributed by atoms with Gasteiger partial charge >= 0.3 is 0 Å². The number of morpholine rings is 1. The molecule has 7 heteroatoms. The summed E-state index contributed by atoms with van der Waals surface area (Å²) in [6, 6.07) is 11.8. The molecule has 3 aromatic rings. The fourth-order valence-corrected chi connectivity index (χ4v) is 3.40. The first-order valence-electron chi connectivity index (χ1n) is 9.38. The van der Waals surface area contributed by atoms with E-state index in [1.165, 1.54) is 0 Å². The molecule has 1 aliphatic heterocycles.